The molecule has 0 N–H and O–H groups in total. The predicted molar refractivity (Wildman–Crippen MR) is 132 cm³/mol. The molecule has 3 aromatic carbocycles. The van der Waals surface area contributed by atoms with Crippen LogP contribution in [0.3, 0.4) is 0 Å². The van der Waals surface area contributed by atoms with Crippen LogP contribution in [0.1, 0.15) is 16.3 Å². The van der Waals surface area contributed by atoms with Crippen LogP contribution in [0.2, 0.25) is 5.02 Å². The zero-order valence-corrected chi connectivity index (χ0v) is 20.4. The number of carbonyl (C=O) groups excluding carboxylic acids is 1. The highest BCUT2D eigenvalue weighted by Crippen LogP contribution is 2.40. The van der Waals surface area contributed by atoms with Crippen LogP contribution in [0, 0.1) is 0 Å². The van der Waals surface area contributed by atoms with E-state index in [0.717, 1.165) is 6.07 Å². The number of ether oxygens (including phenoxy) is 3. The Morgan fingerprint density at radius 2 is 1.63 bits per heavy atom. The minimum atomic E-state index is -5.02. The van der Waals surface area contributed by atoms with Crippen molar-refractivity contribution in [2.75, 3.05) is 14.2 Å². The van der Waals surface area contributed by atoms with Crippen molar-refractivity contribution in [1.29, 1.82) is 0 Å². The summed E-state index contributed by atoms with van der Waals surface area (Å²) in [6.07, 6.45) is -5.02. The molecule has 0 atom stereocenters. The van der Waals surface area contributed by atoms with Gasteiger partial charge >= 0.3 is 12.1 Å². The average Bonchev–Trinajstić information content (AvgIpc) is 3.31. The van der Waals surface area contributed by atoms with E-state index in [1.165, 1.54) is 50.6 Å². The number of halogens is 4. The summed E-state index contributed by atoms with van der Waals surface area (Å²) in [6, 6.07) is 13.6. The van der Waals surface area contributed by atoms with Crippen LogP contribution in [0.4, 0.5) is 13.2 Å². The fraction of sp³-hybridized carbons (Fsp3) is 0.111. The lowest BCUT2D eigenvalue weighted by molar-refractivity contribution is -0.152. The Bertz CT molecular complexity index is 1770. The Balaban J connectivity index is 1.57. The number of benzene rings is 3. The van der Waals surface area contributed by atoms with Crippen molar-refractivity contribution in [1.82, 2.24) is 0 Å². The molecule has 0 unspecified atom stereocenters. The lowest BCUT2D eigenvalue weighted by atomic mass is 10.0. The maximum Gasteiger partial charge on any atom is 0.450 e. The molecule has 5 rings (SSSR count). The fourth-order valence-corrected chi connectivity index (χ4v) is 4.14. The summed E-state index contributed by atoms with van der Waals surface area (Å²) in [5.41, 5.74) is -1.74. The molecule has 194 valence electrons. The Hall–Kier alpha value is -4.44. The number of methoxy groups -OCH3 is 2. The first kappa shape index (κ1) is 25.2. The monoisotopic (exact) mass is 544 g/mol. The first-order chi connectivity index (χ1) is 18.1. The van der Waals surface area contributed by atoms with Gasteiger partial charge in [-0.1, -0.05) is 17.7 Å². The number of hydrogen-bond donors (Lipinski definition) is 0. The molecule has 0 fully saturated rings. The maximum atomic E-state index is 14.0. The molecule has 0 saturated carbocycles. The van der Waals surface area contributed by atoms with Gasteiger partial charge in [0, 0.05) is 16.5 Å². The lowest BCUT2D eigenvalue weighted by Gasteiger charge is -2.14. The third kappa shape index (κ3) is 4.54. The molecule has 2 aromatic heterocycles. The van der Waals surface area contributed by atoms with E-state index in [0.29, 0.717) is 16.0 Å². The van der Waals surface area contributed by atoms with E-state index >= 15 is 0 Å². The summed E-state index contributed by atoms with van der Waals surface area (Å²) in [5, 5.41) is 0.850. The van der Waals surface area contributed by atoms with Crippen LogP contribution in [-0.4, -0.2) is 20.2 Å². The largest absolute Gasteiger partial charge is 0.493 e. The van der Waals surface area contributed by atoms with Crippen LogP contribution >= 0.6 is 11.6 Å². The van der Waals surface area contributed by atoms with Crippen molar-refractivity contribution in [2.45, 2.75) is 6.18 Å². The van der Waals surface area contributed by atoms with Gasteiger partial charge in [-0.25, -0.2) is 4.79 Å². The molecule has 0 spiro atoms. The van der Waals surface area contributed by atoms with Crippen LogP contribution in [0.15, 0.2) is 74.3 Å². The smallest absolute Gasteiger partial charge is 0.450 e. The number of fused-ring (bicyclic) bond motifs is 2. The minimum Gasteiger partial charge on any atom is -0.493 e. The summed E-state index contributed by atoms with van der Waals surface area (Å²) in [4.78, 5) is 25.9. The number of carbonyl (C=O) groups is 1. The quantitative estimate of drug-likeness (QED) is 0.172. The van der Waals surface area contributed by atoms with E-state index in [9.17, 15) is 22.8 Å². The molecule has 0 amide bonds. The van der Waals surface area contributed by atoms with E-state index < -0.39 is 34.5 Å². The van der Waals surface area contributed by atoms with E-state index in [1.807, 2.05) is 0 Å². The average molecular weight is 545 g/mol. The van der Waals surface area contributed by atoms with E-state index in [1.54, 1.807) is 18.2 Å². The SMILES string of the molecule is COc1ccc(-c2c(C(F)(F)F)oc3cc(OC(=O)c4cc5cc(Cl)ccc5o4)ccc3c2=O)cc1OC. The highest BCUT2D eigenvalue weighted by atomic mass is 35.5. The Morgan fingerprint density at radius 1 is 0.868 bits per heavy atom. The Kier molecular flexibility index (Phi) is 6.28. The van der Waals surface area contributed by atoms with Gasteiger partial charge in [-0.15, -0.1) is 0 Å². The molecule has 2 heterocycles. The third-order valence-electron chi connectivity index (χ3n) is 5.68. The maximum absolute atomic E-state index is 14.0. The van der Waals surface area contributed by atoms with Crippen LogP contribution in [0.25, 0.3) is 33.1 Å². The van der Waals surface area contributed by atoms with Crippen molar-refractivity contribution >= 4 is 39.5 Å². The number of rotatable bonds is 5. The van der Waals surface area contributed by atoms with Gasteiger partial charge in [0.15, 0.2) is 11.5 Å². The molecule has 0 saturated heterocycles. The van der Waals surface area contributed by atoms with Crippen molar-refractivity contribution < 1.29 is 41.0 Å². The first-order valence-electron chi connectivity index (χ1n) is 10.9. The molecule has 0 aliphatic rings. The highest BCUT2D eigenvalue weighted by molar-refractivity contribution is 6.31. The third-order valence-corrected chi connectivity index (χ3v) is 5.92. The normalized spacial score (nSPS) is 11.6. The predicted octanol–water partition coefficient (Wildman–Crippen LogP) is 7.11. The minimum absolute atomic E-state index is 0.0777. The van der Waals surface area contributed by atoms with Gasteiger partial charge in [0.1, 0.15) is 16.9 Å². The Labute approximate surface area is 216 Å². The van der Waals surface area contributed by atoms with Gasteiger partial charge < -0.3 is 23.0 Å². The molecule has 0 radical (unpaired) electrons. The topological polar surface area (TPSA) is 88.1 Å². The number of furan rings is 1. The second-order valence-electron chi connectivity index (χ2n) is 8.04. The molecular weight excluding hydrogens is 529 g/mol. The molecule has 38 heavy (non-hydrogen) atoms. The molecule has 0 aliphatic carbocycles. The van der Waals surface area contributed by atoms with Crippen molar-refractivity contribution in [2.24, 2.45) is 0 Å². The standard InChI is InChI=1S/C27H16ClF3O7/c1-34-19-7-3-13(10-21(19)35-2)23-24(32)17-6-5-16(12-20(17)38-25(23)27(29,30)31)36-26(33)22-11-14-9-15(28)4-8-18(14)37-22/h3-12H,1-2H3. The van der Waals surface area contributed by atoms with Gasteiger partial charge in [-0.2, -0.15) is 13.2 Å². The summed E-state index contributed by atoms with van der Waals surface area (Å²) in [5.74, 6) is -2.32. The summed E-state index contributed by atoms with van der Waals surface area (Å²) in [7, 11) is 2.69. The molecule has 11 heteroatoms. The van der Waals surface area contributed by atoms with E-state index in [4.69, 9.17) is 34.6 Å². The summed E-state index contributed by atoms with van der Waals surface area (Å²) < 4.78 is 68.3. The number of alkyl halides is 3. The number of esters is 1. The second kappa shape index (κ2) is 9.46. The van der Waals surface area contributed by atoms with Crippen LogP contribution < -0.4 is 19.6 Å². The van der Waals surface area contributed by atoms with Gasteiger partial charge in [-0.05, 0) is 54.1 Å². The van der Waals surface area contributed by atoms with Gasteiger partial charge in [-0.3, -0.25) is 4.79 Å². The van der Waals surface area contributed by atoms with E-state index in [-0.39, 0.29) is 34.0 Å². The molecular formula is C27H16ClF3O7. The number of hydrogen-bond acceptors (Lipinski definition) is 7. The van der Waals surface area contributed by atoms with E-state index in [2.05, 4.69) is 0 Å². The Morgan fingerprint density at radius 3 is 2.34 bits per heavy atom. The second-order valence-corrected chi connectivity index (χ2v) is 8.48. The van der Waals surface area contributed by atoms with Crippen molar-refractivity contribution in [3.8, 4) is 28.4 Å². The summed E-state index contributed by atoms with van der Waals surface area (Å²) in [6.45, 7) is 0. The van der Waals surface area contributed by atoms with Gasteiger partial charge in [0.05, 0.1) is 25.2 Å². The molecule has 0 aliphatic heterocycles. The van der Waals surface area contributed by atoms with Crippen molar-refractivity contribution in [3.63, 3.8) is 0 Å². The zero-order valence-electron chi connectivity index (χ0n) is 19.6. The zero-order chi connectivity index (χ0) is 27.2. The molecule has 7 nitrogen and oxygen atoms in total. The van der Waals surface area contributed by atoms with Crippen LogP contribution in [0.5, 0.6) is 17.2 Å². The van der Waals surface area contributed by atoms with Crippen molar-refractivity contribution in [3.05, 3.63) is 87.4 Å². The molecule has 5 aromatic rings. The van der Waals surface area contributed by atoms with Crippen LogP contribution in [-0.2, 0) is 6.18 Å². The van der Waals surface area contributed by atoms with Gasteiger partial charge in [0.25, 0.3) is 0 Å². The molecule has 0 bridgehead atoms. The van der Waals surface area contributed by atoms with Gasteiger partial charge in [0.2, 0.25) is 16.9 Å². The fourth-order valence-electron chi connectivity index (χ4n) is 3.96. The summed E-state index contributed by atoms with van der Waals surface area (Å²) >= 11 is 5.94. The first-order valence-corrected chi connectivity index (χ1v) is 11.3. The lowest BCUT2D eigenvalue weighted by Crippen LogP contribution is -2.16. The highest BCUT2D eigenvalue weighted by Gasteiger charge is 2.39.